The van der Waals surface area contributed by atoms with E-state index in [1.807, 2.05) is 6.92 Å². The highest BCUT2D eigenvalue weighted by atomic mass is 35.5. The maximum Gasteiger partial charge on any atom is 0.284 e. The molecule has 0 radical (unpaired) electrons. The van der Waals surface area contributed by atoms with Crippen molar-refractivity contribution in [2.75, 3.05) is 6.54 Å². The third-order valence-electron chi connectivity index (χ3n) is 5.43. The average Bonchev–Trinajstić information content (AvgIpc) is 3.19. The number of alkyl halides is 2. The van der Waals surface area contributed by atoms with Crippen LogP contribution >= 0.6 is 23.2 Å². The summed E-state index contributed by atoms with van der Waals surface area (Å²) in [7, 11) is 0. The van der Waals surface area contributed by atoms with Crippen LogP contribution in [0.15, 0.2) is 41.6 Å². The number of amides is 1. The number of unbranched alkanes of at least 4 members (excludes halogenated alkanes) is 1. The third-order valence-corrected chi connectivity index (χ3v) is 5.86. The van der Waals surface area contributed by atoms with E-state index in [0.29, 0.717) is 28.9 Å². The molecule has 5 nitrogen and oxygen atoms in total. The van der Waals surface area contributed by atoms with Crippen molar-refractivity contribution in [2.45, 2.75) is 51.2 Å². The van der Waals surface area contributed by atoms with Gasteiger partial charge in [0.15, 0.2) is 6.10 Å². The molecule has 32 heavy (non-hydrogen) atoms. The van der Waals surface area contributed by atoms with E-state index < -0.39 is 24.0 Å². The molecular weight excluding hydrogens is 461 g/mol. The van der Waals surface area contributed by atoms with Crippen LogP contribution in [0, 0.1) is 6.92 Å². The van der Waals surface area contributed by atoms with Crippen LogP contribution < -0.4 is 5.32 Å². The Morgan fingerprint density at radius 3 is 2.53 bits per heavy atom. The largest absolute Gasteiger partial charge is 0.378 e. The lowest BCUT2D eigenvalue weighted by molar-refractivity contribution is -0.129. The number of benzene rings is 2. The fourth-order valence-corrected chi connectivity index (χ4v) is 4.11. The summed E-state index contributed by atoms with van der Waals surface area (Å²) < 4.78 is 28.3. The van der Waals surface area contributed by atoms with Gasteiger partial charge in [-0.25, -0.2) is 8.78 Å². The predicted octanol–water partition coefficient (Wildman–Crippen LogP) is 5.54. The van der Waals surface area contributed by atoms with Crippen LogP contribution in [0.4, 0.5) is 8.78 Å². The zero-order valence-corrected chi connectivity index (χ0v) is 19.2. The summed E-state index contributed by atoms with van der Waals surface area (Å²) in [6.07, 6.45) is -2.65. The van der Waals surface area contributed by atoms with Gasteiger partial charge in [0.1, 0.15) is 0 Å². The minimum absolute atomic E-state index is 0.135. The first-order valence-electron chi connectivity index (χ1n) is 10.2. The summed E-state index contributed by atoms with van der Waals surface area (Å²) in [5, 5.41) is 17.4. The molecule has 2 unspecified atom stereocenters. The summed E-state index contributed by atoms with van der Waals surface area (Å²) in [5.41, 5.74) is 0.0668. The van der Waals surface area contributed by atoms with Gasteiger partial charge in [0.05, 0.1) is 5.71 Å². The second-order valence-corrected chi connectivity index (χ2v) is 8.65. The lowest BCUT2D eigenvalue weighted by Crippen LogP contribution is -2.35. The molecule has 1 amide bonds. The molecule has 0 fully saturated rings. The average molecular weight is 485 g/mol. The third kappa shape index (κ3) is 5.05. The van der Waals surface area contributed by atoms with Crippen molar-refractivity contribution in [2.24, 2.45) is 5.16 Å². The van der Waals surface area contributed by atoms with Crippen LogP contribution in [-0.4, -0.2) is 29.7 Å². The number of nitrogens with one attached hydrogen (secondary N) is 1. The number of aliphatic hydroxyl groups is 1. The first-order valence-corrected chi connectivity index (χ1v) is 11.0. The molecule has 2 aromatic rings. The SMILES string of the molecule is CCCCNC(=O)C(O)c1ccc(C2=NOC(c3cc(Cl)cc(Cl)c3)(C(F)F)C2)cc1C. The molecule has 172 valence electrons. The van der Waals surface area contributed by atoms with Gasteiger partial charge in [-0.05, 0) is 54.3 Å². The molecule has 2 aromatic carbocycles. The molecule has 0 aromatic heterocycles. The number of aryl methyl sites for hydroxylation is 1. The predicted molar refractivity (Wildman–Crippen MR) is 120 cm³/mol. The number of aliphatic hydroxyl groups excluding tert-OH is 1. The summed E-state index contributed by atoms with van der Waals surface area (Å²) in [5.74, 6) is -0.481. The number of carbonyl (C=O) groups excluding carboxylic acids is 1. The molecule has 1 heterocycles. The van der Waals surface area contributed by atoms with Crippen molar-refractivity contribution in [3.63, 3.8) is 0 Å². The molecular formula is C23H24Cl2F2N2O3. The number of oxime groups is 1. The van der Waals surface area contributed by atoms with E-state index in [4.69, 9.17) is 28.0 Å². The van der Waals surface area contributed by atoms with Gasteiger partial charge >= 0.3 is 0 Å². The topological polar surface area (TPSA) is 70.9 Å². The molecule has 0 saturated carbocycles. The first-order chi connectivity index (χ1) is 15.2. The molecule has 0 saturated heterocycles. The Balaban J connectivity index is 1.82. The first kappa shape index (κ1) is 24.4. The van der Waals surface area contributed by atoms with Gasteiger partial charge < -0.3 is 15.3 Å². The van der Waals surface area contributed by atoms with Gasteiger partial charge in [0, 0.05) is 28.6 Å². The van der Waals surface area contributed by atoms with Crippen LogP contribution in [0.5, 0.6) is 0 Å². The van der Waals surface area contributed by atoms with Gasteiger partial charge in [0.2, 0.25) is 5.60 Å². The van der Waals surface area contributed by atoms with Crippen molar-refractivity contribution in [3.8, 4) is 0 Å². The quantitative estimate of drug-likeness (QED) is 0.483. The second kappa shape index (κ2) is 10.1. The Hall–Kier alpha value is -2.22. The van der Waals surface area contributed by atoms with Gasteiger partial charge in [-0.15, -0.1) is 0 Å². The molecule has 2 N–H and O–H groups in total. The van der Waals surface area contributed by atoms with Crippen LogP contribution in [0.2, 0.25) is 10.0 Å². The Labute approximate surface area is 195 Å². The van der Waals surface area contributed by atoms with E-state index >= 15 is 0 Å². The minimum Gasteiger partial charge on any atom is -0.378 e. The maximum absolute atomic E-state index is 14.1. The Morgan fingerprint density at radius 2 is 1.94 bits per heavy atom. The number of halogens is 4. The van der Waals surface area contributed by atoms with Crippen molar-refractivity contribution >= 4 is 34.8 Å². The molecule has 2 atom stereocenters. The zero-order valence-electron chi connectivity index (χ0n) is 17.7. The molecule has 9 heteroatoms. The highest BCUT2D eigenvalue weighted by Crippen LogP contribution is 2.43. The van der Waals surface area contributed by atoms with E-state index in [2.05, 4.69) is 10.5 Å². The van der Waals surface area contributed by atoms with E-state index in [1.54, 1.807) is 25.1 Å². The summed E-state index contributed by atoms with van der Waals surface area (Å²) in [4.78, 5) is 17.5. The molecule has 0 aliphatic carbocycles. The van der Waals surface area contributed by atoms with Gasteiger partial charge in [0.25, 0.3) is 12.3 Å². The second-order valence-electron chi connectivity index (χ2n) is 7.77. The number of hydrogen-bond donors (Lipinski definition) is 2. The summed E-state index contributed by atoms with van der Waals surface area (Å²) in [6.45, 7) is 4.22. The van der Waals surface area contributed by atoms with Crippen LogP contribution in [0.1, 0.15) is 54.5 Å². The van der Waals surface area contributed by atoms with E-state index in [-0.39, 0.29) is 22.0 Å². The van der Waals surface area contributed by atoms with Crippen LogP contribution in [-0.2, 0) is 15.2 Å². The maximum atomic E-state index is 14.1. The summed E-state index contributed by atoms with van der Waals surface area (Å²) >= 11 is 12.0. The van der Waals surface area contributed by atoms with Crippen LogP contribution in [0.3, 0.4) is 0 Å². The Kier molecular flexibility index (Phi) is 7.75. The normalized spacial score (nSPS) is 18.9. The highest BCUT2D eigenvalue weighted by molar-refractivity contribution is 6.34. The number of carbonyl (C=O) groups is 1. The minimum atomic E-state index is -2.88. The highest BCUT2D eigenvalue weighted by Gasteiger charge is 2.50. The van der Waals surface area contributed by atoms with E-state index in [1.165, 1.54) is 18.2 Å². The van der Waals surface area contributed by atoms with Gasteiger partial charge in [-0.1, -0.05) is 53.8 Å². The fourth-order valence-electron chi connectivity index (χ4n) is 3.59. The number of nitrogens with zero attached hydrogens (tertiary/aromatic N) is 1. The molecule has 1 aliphatic rings. The van der Waals surface area contributed by atoms with Gasteiger partial charge in [-0.3, -0.25) is 4.79 Å². The molecule has 3 rings (SSSR count). The Bertz CT molecular complexity index is 1010. The Morgan fingerprint density at radius 1 is 1.25 bits per heavy atom. The van der Waals surface area contributed by atoms with Crippen molar-refractivity contribution < 1.29 is 23.5 Å². The summed E-state index contributed by atoms with van der Waals surface area (Å²) in [6, 6.07) is 9.14. The molecule has 0 bridgehead atoms. The number of rotatable bonds is 8. The monoisotopic (exact) mass is 484 g/mol. The smallest absolute Gasteiger partial charge is 0.284 e. The van der Waals surface area contributed by atoms with Crippen LogP contribution in [0.25, 0.3) is 0 Å². The van der Waals surface area contributed by atoms with Crippen molar-refractivity contribution in [1.29, 1.82) is 0 Å². The fraction of sp³-hybridized carbons (Fsp3) is 0.391. The standard InChI is InChI=1S/C23H24Cl2F2N2O3/c1-3-4-7-28-21(31)20(30)18-6-5-14(8-13(18)2)19-12-23(22(26)27,32-29-19)15-9-16(24)11-17(25)10-15/h5-6,8-11,20,22,30H,3-4,7,12H2,1-2H3,(H,28,31). The molecule has 1 aliphatic heterocycles. The lowest BCUT2D eigenvalue weighted by atomic mass is 9.87. The van der Waals surface area contributed by atoms with E-state index in [0.717, 1.165) is 12.8 Å². The molecule has 0 spiro atoms. The van der Waals surface area contributed by atoms with Crippen molar-refractivity contribution in [1.82, 2.24) is 5.32 Å². The van der Waals surface area contributed by atoms with Crippen molar-refractivity contribution in [3.05, 3.63) is 68.7 Å². The lowest BCUT2D eigenvalue weighted by Gasteiger charge is -2.26. The van der Waals surface area contributed by atoms with Gasteiger partial charge in [-0.2, -0.15) is 0 Å². The number of hydrogen-bond acceptors (Lipinski definition) is 4. The zero-order chi connectivity index (χ0) is 23.5. The van der Waals surface area contributed by atoms with E-state index in [9.17, 15) is 18.7 Å².